The number of rotatable bonds is 8. The maximum Gasteiger partial charge on any atom is -0.0809 e. The summed E-state index contributed by atoms with van der Waals surface area (Å²) in [5.74, 6) is 0. The SMILES string of the molecule is CCCCC1=[C]([Zr+2][C]2=C(CCCC)C=CC2)CC=C1.CC[O-].CC[O-]. The Morgan fingerprint density at radius 3 is 1.44 bits per heavy atom. The fourth-order valence-electron chi connectivity index (χ4n) is 2.75. The molecule has 0 aromatic heterocycles. The van der Waals surface area contributed by atoms with Crippen LogP contribution >= 0.6 is 0 Å². The molecule has 0 saturated heterocycles. The van der Waals surface area contributed by atoms with Crippen LogP contribution in [0.4, 0.5) is 0 Å². The van der Waals surface area contributed by atoms with Crippen molar-refractivity contribution in [1.82, 2.24) is 0 Å². The molecule has 25 heavy (non-hydrogen) atoms. The molecule has 2 nitrogen and oxygen atoms in total. The van der Waals surface area contributed by atoms with Gasteiger partial charge in [-0.1, -0.05) is 13.8 Å². The summed E-state index contributed by atoms with van der Waals surface area (Å²) < 4.78 is 3.73. The monoisotopic (exact) mass is 422 g/mol. The summed E-state index contributed by atoms with van der Waals surface area (Å²) in [6, 6.07) is 0. The zero-order valence-electron chi connectivity index (χ0n) is 16.7. The summed E-state index contributed by atoms with van der Waals surface area (Å²) in [5, 5.41) is 17.9. The van der Waals surface area contributed by atoms with E-state index in [1.54, 1.807) is 25.0 Å². The molecule has 0 spiro atoms. The summed E-state index contributed by atoms with van der Waals surface area (Å²) >= 11 is -0.463. The maximum atomic E-state index is 8.93. The van der Waals surface area contributed by atoms with Gasteiger partial charge in [-0.05, 0) is 0 Å². The molecule has 0 aromatic carbocycles. The van der Waals surface area contributed by atoms with Gasteiger partial charge in [-0.3, -0.25) is 0 Å². The predicted molar refractivity (Wildman–Crippen MR) is 102 cm³/mol. The summed E-state index contributed by atoms with van der Waals surface area (Å²) in [7, 11) is 0. The van der Waals surface area contributed by atoms with Crippen molar-refractivity contribution >= 4 is 0 Å². The Labute approximate surface area is 167 Å². The second kappa shape index (κ2) is 17.2. The Kier molecular flexibility index (Phi) is 17.0. The number of allylic oxidation sites excluding steroid dienone is 8. The molecule has 0 bridgehead atoms. The van der Waals surface area contributed by atoms with Crippen molar-refractivity contribution in [1.29, 1.82) is 0 Å². The van der Waals surface area contributed by atoms with Crippen LogP contribution in [0.25, 0.3) is 0 Å². The van der Waals surface area contributed by atoms with Gasteiger partial charge in [-0.25, -0.2) is 0 Å². The molecule has 0 amide bonds. The van der Waals surface area contributed by atoms with E-state index in [0.717, 1.165) is 0 Å². The molecule has 0 saturated carbocycles. The zero-order chi connectivity index (χ0) is 18.9. The minimum Gasteiger partial charge on any atom is -0.855 e. The Balaban J connectivity index is 0.000000844. The van der Waals surface area contributed by atoms with Gasteiger partial charge in [-0.15, -0.1) is 13.2 Å². The zero-order valence-corrected chi connectivity index (χ0v) is 19.2. The normalized spacial score (nSPS) is 15.0. The molecule has 0 aliphatic heterocycles. The topological polar surface area (TPSA) is 46.1 Å². The molecule has 0 heterocycles. The molecule has 0 N–H and O–H groups in total. The van der Waals surface area contributed by atoms with E-state index in [1.165, 1.54) is 51.4 Å². The standard InChI is InChI=1S/2C9H13.2C2H5O.Zr/c2*1-2-3-6-9-7-4-5-8-9;2*1-2-3;/h2*4,7H,2-3,5-6H2,1H3;2*2H2,1H3;/q;;2*-1;+2. The van der Waals surface area contributed by atoms with Crippen LogP contribution in [0.1, 0.15) is 79.1 Å². The van der Waals surface area contributed by atoms with Crippen molar-refractivity contribution in [2.24, 2.45) is 0 Å². The first kappa shape index (κ1) is 24.8. The van der Waals surface area contributed by atoms with Crippen LogP contribution in [0, 0.1) is 0 Å². The number of hydrogen-bond acceptors (Lipinski definition) is 2. The fraction of sp³-hybridized carbons (Fsp3) is 0.636. The van der Waals surface area contributed by atoms with E-state index in [9.17, 15) is 0 Å². The molecule has 0 fully saturated rings. The first-order valence-corrected chi connectivity index (χ1v) is 12.3. The van der Waals surface area contributed by atoms with Gasteiger partial charge in [0.25, 0.3) is 0 Å². The van der Waals surface area contributed by atoms with E-state index in [1.807, 2.05) is 6.56 Å². The van der Waals surface area contributed by atoms with Gasteiger partial charge >= 0.3 is 130 Å². The van der Waals surface area contributed by atoms with Gasteiger partial charge in [0.2, 0.25) is 0 Å². The third-order valence-electron chi connectivity index (χ3n) is 3.96. The summed E-state index contributed by atoms with van der Waals surface area (Å²) in [4.78, 5) is 0. The minimum atomic E-state index is -0.463. The minimum absolute atomic E-state index is 0. The van der Waals surface area contributed by atoms with Gasteiger partial charge in [0, 0.05) is 0 Å². The molecule has 0 radical (unpaired) electrons. The second-order valence-electron chi connectivity index (χ2n) is 6.13. The first-order chi connectivity index (χ1) is 12.2. The molecule has 0 unspecified atom stereocenters. The van der Waals surface area contributed by atoms with E-state index >= 15 is 0 Å². The van der Waals surface area contributed by atoms with Gasteiger partial charge in [0.1, 0.15) is 0 Å². The molecule has 2 rings (SSSR count). The van der Waals surface area contributed by atoms with Gasteiger partial charge in [0.15, 0.2) is 0 Å². The Morgan fingerprint density at radius 2 is 1.12 bits per heavy atom. The van der Waals surface area contributed by atoms with Crippen molar-refractivity contribution in [2.45, 2.75) is 79.1 Å². The quantitative estimate of drug-likeness (QED) is 0.572. The average Bonchev–Trinajstić information content (AvgIpc) is 3.22. The van der Waals surface area contributed by atoms with Gasteiger partial charge in [-0.2, -0.15) is 0 Å². The average molecular weight is 424 g/mol. The second-order valence-corrected chi connectivity index (χ2v) is 9.71. The van der Waals surface area contributed by atoms with Crippen LogP contribution in [0.3, 0.4) is 0 Å². The van der Waals surface area contributed by atoms with E-state index in [4.69, 9.17) is 10.2 Å². The molecular weight excluding hydrogens is 387 g/mol. The molecular formula is C22H36O2Zr. The largest absolute Gasteiger partial charge is 0.855 e. The molecule has 2 aliphatic rings. The van der Waals surface area contributed by atoms with Crippen LogP contribution in [0.5, 0.6) is 0 Å². The predicted octanol–water partition coefficient (Wildman–Crippen LogP) is 4.61. The number of hydrogen-bond donors (Lipinski definition) is 0. The Bertz CT molecular complexity index is 417. The number of unbranched alkanes of at least 4 members (excludes halogenated alkanes) is 2. The van der Waals surface area contributed by atoms with Crippen LogP contribution in [-0.2, 0) is 23.2 Å². The molecule has 140 valence electrons. The Hall–Kier alpha value is -0.237. The third-order valence-corrected chi connectivity index (χ3v) is 8.02. The summed E-state index contributed by atoms with van der Waals surface area (Å²) in [6.07, 6.45) is 20.2. The Morgan fingerprint density at radius 1 is 0.760 bits per heavy atom. The van der Waals surface area contributed by atoms with Gasteiger partial charge in [0.05, 0.1) is 0 Å². The summed E-state index contributed by atoms with van der Waals surface area (Å²) in [5.41, 5.74) is 3.42. The molecule has 2 aliphatic carbocycles. The van der Waals surface area contributed by atoms with Crippen molar-refractivity contribution in [2.75, 3.05) is 13.2 Å². The van der Waals surface area contributed by atoms with Crippen molar-refractivity contribution in [3.63, 3.8) is 0 Å². The molecule has 0 aromatic rings. The van der Waals surface area contributed by atoms with Gasteiger partial charge < -0.3 is 10.2 Å². The van der Waals surface area contributed by atoms with E-state index in [0.29, 0.717) is 0 Å². The van der Waals surface area contributed by atoms with Crippen LogP contribution in [0.2, 0.25) is 0 Å². The summed E-state index contributed by atoms with van der Waals surface area (Å²) in [6.45, 7) is 7.73. The third kappa shape index (κ3) is 11.2. The van der Waals surface area contributed by atoms with Crippen molar-refractivity contribution in [3.8, 4) is 0 Å². The fourth-order valence-corrected chi connectivity index (χ4v) is 6.54. The van der Waals surface area contributed by atoms with Crippen molar-refractivity contribution in [3.05, 3.63) is 42.0 Å². The van der Waals surface area contributed by atoms with Crippen LogP contribution < -0.4 is 10.2 Å². The first-order valence-electron chi connectivity index (χ1n) is 9.88. The van der Waals surface area contributed by atoms with Crippen LogP contribution in [-0.4, -0.2) is 13.2 Å². The van der Waals surface area contributed by atoms with E-state index in [-0.39, 0.29) is 13.2 Å². The molecule has 0 atom stereocenters. The smallest absolute Gasteiger partial charge is 0.0809 e. The maximum absolute atomic E-state index is 8.93. The molecule has 3 heteroatoms. The van der Waals surface area contributed by atoms with E-state index in [2.05, 4.69) is 38.2 Å². The van der Waals surface area contributed by atoms with E-state index < -0.39 is 23.2 Å². The van der Waals surface area contributed by atoms with Crippen LogP contribution in [0.15, 0.2) is 42.0 Å². The van der Waals surface area contributed by atoms with Crippen molar-refractivity contribution < 1.29 is 33.4 Å².